The molecule has 3 aromatic carbocycles. The van der Waals surface area contributed by atoms with Crippen molar-refractivity contribution in [1.29, 1.82) is 0 Å². The number of hydrogen-bond acceptors (Lipinski definition) is 5. The molecule has 0 aliphatic heterocycles. The first-order valence-electron chi connectivity index (χ1n) is 9.72. The molecule has 8 heteroatoms. The highest BCUT2D eigenvalue weighted by atomic mass is 79.9. The van der Waals surface area contributed by atoms with Crippen molar-refractivity contribution >= 4 is 39.7 Å². The van der Waals surface area contributed by atoms with Gasteiger partial charge in [-0.3, -0.25) is 4.79 Å². The molecule has 0 fully saturated rings. The number of nitrogens with one attached hydrogen (secondary N) is 1. The van der Waals surface area contributed by atoms with Gasteiger partial charge in [-0.2, -0.15) is 5.10 Å². The lowest BCUT2D eigenvalue weighted by Gasteiger charge is -2.14. The van der Waals surface area contributed by atoms with Gasteiger partial charge >= 0.3 is 0 Å². The summed E-state index contributed by atoms with van der Waals surface area (Å²) in [5.41, 5.74) is 4.98. The van der Waals surface area contributed by atoms with Crippen LogP contribution in [0, 0.1) is 6.92 Å². The van der Waals surface area contributed by atoms with Crippen LogP contribution in [0.2, 0.25) is 5.02 Å². The number of benzene rings is 3. The molecule has 1 N–H and O–H groups in total. The molecule has 0 unspecified atom stereocenters. The van der Waals surface area contributed by atoms with Crippen molar-refractivity contribution in [3.8, 4) is 17.2 Å². The van der Waals surface area contributed by atoms with Crippen LogP contribution in [0.4, 0.5) is 0 Å². The van der Waals surface area contributed by atoms with Gasteiger partial charge in [-0.25, -0.2) is 5.43 Å². The van der Waals surface area contributed by atoms with Crippen molar-refractivity contribution in [2.75, 3.05) is 13.7 Å². The van der Waals surface area contributed by atoms with Gasteiger partial charge in [0.2, 0.25) is 0 Å². The number of hydrazone groups is 1. The lowest BCUT2D eigenvalue weighted by Crippen LogP contribution is -2.24. The molecule has 0 spiro atoms. The van der Waals surface area contributed by atoms with E-state index in [1.807, 2.05) is 61.5 Å². The Hall–Kier alpha value is -3.03. The fourth-order valence-electron chi connectivity index (χ4n) is 2.79. The van der Waals surface area contributed by atoms with Crippen LogP contribution >= 0.6 is 27.5 Å². The van der Waals surface area contributed by atoms with E-state index in [0.29, 0.717) is 38.9 Å². The molecule has 0 heterocycles. The second-order valence-electron chi connectivity index (χ2n) is 6.76. The minimum absolute atomic E-state index is 0.135. The Bertz CT molecular complexity index is 1120. The molecule has 3 rings (SSSR count). The predicted octanol–water partition coefficient (Wildman–Crippen LogP) is 5.53. The Morgan fingerprint density at radius 3 is 2.59 bits per heavy atom. The minimum Gasteiger partial charge on any atom is -0.493 e. The van der Waals surface area contributed by atoms with Gasteiger partial charge in [-0.1, -0.05) is 48.0 Å². The SMILES string of the molecule is COc1cc(/C=N\NC(=O)COc2ccccc2C)cc(Br)c1OCc1ccccc1Cl. The Kier molecular flexibility index (Phi) is 8.53. The summed E-state index contributed by atoms with van der Waals surface area (Å²) in [5.74, 6) is 1.35. The van der Waals surface area contributed by atoms with Crippen molar-refractivity contribution in [2.45, 2.75) is 13.5 Å². The van der Waals surface area contributed by atoms with Gasteiger partial charge in [0.05, 0.1) is 17.8 Å². The number of hydrogen-bond donors (Lipinski definition) is 1. The van der Waals surface area contributed by atoms with Gasteiger partial charge in [0.15, 0.2) is 18.1 Å². The maximum atomic E-state index is 12.0. The molecule has 0 aromatic heterocycles. The predicted molar refractivity (Wildman–Crippen MR) is 129 cm³/mol. The van der Waals surface area contributed by atoms with Crippen molar-refractivity contribution in [1.82, 2.24) is 5.43 Å². The number of methoxy groups -OCH3 is 1. The number of rotatable bonds is 9. The molecular formula is C24H22BrClN2O4. The average molecular weight is 518 g/mol. The number of ether oxygens (including phenoxy) is 3. The van der Waals surface area contributed by atoms with E-state index in [2.05, 4.69) is 26.5 Å². The Balaban J connectivity index is 1.60. The Morgan fingerprint density at radius 1 is 1.09 bits per heavy atom. The van der Waals surface area contributed by atoms with Gasteiger partial charge in [0.25, 0.3) is 5.91 Å². The monoisotopic (exact) mass is 516 g/mol. The van der Waals surface area contributed by atoms with Crippen LogP contribution in [0.5, 0.6) is 17.2 Å². The molecule has 32 heavy (non-hydrogen) atoms. The second-order valence-corrected chi connectivity index (χ2v) is 8.02. The van der Waals surface area contributed by atoms with Gasteiger partial charge in [-0.15, -0.1) is 0 Å². The van der Waals surface area contributed by atoms with Crippen LogP contribution < -0.4 is 19.6 Å². The van der Waals surface area contributed by atoms with E-state index >= 15 is 0 Å². The van der Waals surface area contributed by atoms with E-state index in [1.54, 1.807) is 13.2 Å². The molecular weight excluding hydrogens is 496 g/mol. The highest BCUT2D eigenvalue weighted by Gasteiger charge is 2.12. The topological polar surface area (TPSA) is 69.2 Å². The van der Waals surface area contributed by atoms with Crippen molar-refractivity contribution in [3.63, 3.8) is 0 Å². The third kappa shape index (κ3) is 6.48. The molecule has 3 aromatic rings. The van der Waals surface area contributed by atoms with Crippen LogP contribution in [0.1, 0.15) is 16.7 Å². The smallest absolute Gasteiger partial charge is 0.277 e. The quantitative estimate of drug-likeness (QED) is 0.299. The summed E-state index contributed by atoms with van der Waals surface area (Å²) >= 11 is 9.70. The maximum absolute atomic E-state index is 12.0. The number of nitrogens with zero attached hydrogens (tertiary/aromatic N) is 1. The summed E-state index contributed by atoms with van der Waals surface area (Å²) in [6.07, 6.45) is 1.51. The molecule has 0 aliphatic rings. The van der Waals surface area contributed by atoms with Crippen LogP contribution in [-0.4, -0.2) is 25.8 Å². The number of carbonyl (C=O) groups is 1. The third-order valence-electron chi connectivity index (χ3n) is 4.44. The molecule has 1 amide bonds. The number of halogens is 2. The molecule has 0 saturated heterocycles. The zero-order chi connectivity index (χ0) is 22.9. The molecule has 166 valence electrons. The van der Waals surface area contributed by atoms with E-state index in [1.165, 1.54) is 6.21 Å². The van der Waals surface area contributed by atoms with Crippen LogP contribution in [0.3, 0.4) is 0 Å². The highest BCUT2D eigenvalue weighted by molar-refractivity contribution is 9.10. The van der Waals surface area contributed by atoms with Crippen molar-refractivity contribution in [3.05, 3.63) is 86.8 Å². The Morgan fingerprint density at radius 2 is 1.84 bits per heavy atom. The van der Waals surface area contributed by atoms with E-state index in [0.717, 1.165) is 11.1 Å². The summed E-state index contributed by atoms with van der Waals surface area (Å²) in [6, 6.07) is 18.5. The van der Waals surface area contributed by atoms with Gasteiger partial charge in [0, 0.05) is 10.6 Å². The van der Waals surface area contributed by atoms with Gasteiger partial charge in [-0.05, 0) is 58.2 Å². The maximum Gasteiger partial charge on any atom is 0.277 e. The molecule has 0 saturated carbocycles. The number of carbonyl (C=O) groups excluding carboxylic acids is 1. The van der Waals surface area contributed by atoms with Crippen LogP contribution in [0.15, 0.2) is 70.2 Å². The molecule has 6 nitrogen and oxygen atoms in total. The molecule has 0 atom stereocenters. The number of para-hydroxylation sites is 1. The first-order chi connectivity index (χ1) is 15.5. The lowest BCUT2D eigenvalue weighted by molar-refractivity contribution is -0.123. The average Bonchev–Trinajstić information content (AvgIpc) is 2.78. The summed E-state index contributed by atoms with van der Waals surface area (Å²) in [5, 5.41) is 4.62. The van der Waals surface area contributed by atoms with Gasteiger partial charge in [0.1, 0.15) is 12.4 Å². The van der Waals surface area contributed by atoms with Crippen LogP contribution in [0.25, 0.3) is 0 Å². The summed E-state index contributed by atoms with van der Waals surface area (Å²) in [7, 11) is 1.55. The molecule has 0 radical (unpaired) electrons. The third-order valence-corrected chi connectivity index (χ3v) is 5.39. The molecule has 0 bridgehead atoms. The minimum atomic E-state index is -0.366. The first kappa shape index (κ1) is 23.6. The summed E-state index contributed by atoms with van der Waals surface area (Å²) in [6.45, 7) is 2.07. The highest BCUT2D eigenvalue weighted by Crippen LogP contribution is 2.37. The number of aryl methyl sites for hydroxylation is 1. The van der Waals surface area contributed by atoms with Gasteiger partial charge < -0.3 is 14.2 Å². The fourth-order valence-corrected chi connectivity index (χ4v) is 3.56. The normalized spacial score (nSPS) is 10.8. The van der Waals surface area contributed by atoms with E-state index in [9.17, 15) is 4.79 Å². The zero-order valence-electron chi connectivity index (χ0n) is 17.6. The largest absolute Gasteiger partial charge is 0.493 e. The van der Waals surface area contributed by atoms with Crippen molar-refractivity contribution in [2.24, 2.45) is 5.10 Å². The number of amides is 1. The Labute approximate surface area is 200 Å². The van der Waals surface area contributed by atoms with Crippen molar-refractivity contribution < 1.29 is 19.0 Å². The summed E-state index contributed by atoms with van der Waals surface area (Å²) < 4.78 is 17.6. The fraction of sp³-hybridized carbons (Fsp3) is 0.167. The summed E-state index contributed by atoms with van der Waals surface area (Å²) in [4.78, 5) is 12.0. The van der Waals surface area contributed by atoms with E-state index in [-0.39, 0.29) is 12.5 Å². The lowest BCUT2D eigenvalue weighted by atomic mass is 10.2. The first-order valence-corrected chi connectivity index (χ1v) is 10.9. The second kappa shape index (κ2) is 11.5. The van der Waals surface area contributed by atoms with E-state index < -0.39 is 0 Å². The molecule has 0 aliphatic carbocycles. The van der Waals surface area contributed by atoms with E-state index in [4.69, 9.17) is 25.8 Å². The standard InChI is InChI=1S/C24H22BrClN2O4/c1-16-7-3-6-10-21(16)31-15-23(29)28-27-13-17-11-19(25)24(22(12-17)30-2)32-14-18-8-4-5-9-20(18)26/h3-13H,14-15H2,1-2H3,(H,28,29)/b27-13-. The van der Waals surface area contributed by atoms with Crippen LogP contribution in [-0.2, 0) is 11.4 Å². The zero-order valence-corrected chi connectivity index (χ0v) is 19.9.